The summed E-state index contributed by atoms with van der Waals surface area (Å²) >= 11 is 1.76. The normalized spacial score (nSPS) is 11.8. The number of hydrogen-bond donors (Lipinski definition) is 0. The van der Waals surface area contributed by atoms with Gasteiger partial charge >= 0.3 is 87.9 Å². The van der Waals surface area contributed by atoms with Crippen LogP contribution in [-0.2, 0) is 0 Å². The zero-order valence-electron chi connectivity index (χ0n) is 8.11. The van der Waals surface area contributed by atoms with E-state index in [1.165, 1.54) is 10.0 Å². The Labute approximate surface area is 87.4 Å². The van der Waals surface area contributed by atoms with Crippen molar-refractivity contribution in [3.05, 3.63) is 28.2 Å². The van der Waals surface area contributed by atoms with Crippen molar-refractivity contribution < 1.29 is 0 Å². The molecule has 0 aliphatic carbocycles. The second kappa shape index (κ2) is 3.70. The van der Waals surface area contributed by atoms with E-state index in [4.69, 9.17) is 0 Å². The van der Waals surface area contributed by atoms with Gasteiger partial charge in [0.1, 0.15) is 0 Å². The Morgan fingerprint density at radius 3 is 2.17 bits per heavy atom. The van der Waals surface area contributed by atoms with Gasteiger partial charge in [-0.2, -0.15) is 0 Å². The van der Waals surface area contributed by atoms with Crippen LogP contribution >= 0.6 is 15.9 Å². The van der Waals surface area contributed by atoms with Crippen molar-refractivity contribution in [1.29, 1.82) is 0 Å². The first kappa shape index (κ1) is 10.6. The van der Waals surface area contributed by atoms with Crippen molar-refractivity contribution in [2.75, 3.05) is 0 Å². The standard InChI is InChI=1S/C7H6Br.3CH3.Sn/c1-6-4-2-3-5-7(6)8;;;;/h2,4-5H,1H3;3*1H3;. The molecule has 0 bridgehead atoms. The van der Waals surface area contributed by atoms with Gasteiger partial charge in [0.2, 0.25) is 0 Å². The molecular weight excluding hydrogens is 319 g/mol. The zero-order valence-corrected chi connectivity index (χ0v) is 12.6. The molecule has 12 heavy (non-hydrogen) atoms. The van der Waals surface area contributed by atoms with Crippen molar-refractivity contribution in [2.45, 2.75) is 21.7 Å². The van der Waals surface area contributed by atoms with Crippen LogP contribution in [0.2, 0.25) is 14.8 Å². The molecule has 0 nitrogen and oxygen atoms in total. The summed E-state index contributed by atoms with van der Waals surface area (Å²) in [6.45, 7) is 2.13. The van der Waals surface area contributed by atoms with Crippen LogP contribution in [0, 0.1) is 6.92 Å². The fraction of sp³-hybridized carbons (Fsp3) is 0.400. The number of aryl methyl sites for hydroxylation is 1. The molecule has 0 heterocycles. The summed E-state index contributed by atoms with van der Waals surface area (Å²) in [5, 5.41) is 0. The van der Waals surface area contributed by atoms with E-state index < -0.39 is 18.4 Å². The first-order valence-corrected chi connectivity index (χ1v) is 15.0. The first-order valence-electron chi connectivity index (χ1n) is 4.18. The predicted octanol–water partition coefficient (Wildman–Crippen LogP) is 3.30. The van der Waals surface area contributed by atoms with Gasteiger partial charge in [-0.1, -0.05) is 0 Å². The van der Waals surface area contributed by atoms with Gasteiger partial charge in [-0.3, -0.25) is 0 Å². The first-order chi connectivity index (χ1) is 5.41. The quantitative estimate of drug-likeness (QED) is 0.692. The summed E-state index contributed by atoms with van der Waals surface area (Å²) in [5.41, 5.74) is 1.33. The molecule has 1 aromatic rings. The van der Waals surface area contributed by atoms with Gasteiger partial charge in [-0.25, -0.2) is 0 Å². The van der Waals surface area contributed by atoms with Crippen LogP contribution in [0.1, 0.15) is 5.56 Å². The third-order valence-corrected chi connectivity index (χ3v) is 8.72. The summed E-state index contributed by atoms with van der Waals surface area (Å²) in [6.07, 6.45) is 0. The second-order valence-corrected chi connectivity index (χ2v) is 19.6. The molecule has 0 amide bonds. The minimum absolute atomic E-state index is 1.26. The molecule has 0 aliphatic rings. The fourth-order valence-electron chi connectivity index (χ4n) is 1.06. The van der Waals surface area contributed by atoms with E-state index in [9.17, 15) is 0 Å². The van der Waals surface area contributed by atoms with E-state index >= 15 is 0 Å². The third-order valence-electron chi connectivity index (χ3n) is 2.04. The van der Waals surface area contributed by atoms with E-state index in [0.29, 0.717) is 0 Å². The third kappa shape index (κ3) is 2.49. The molecular formula is C10H15BrSn. The van der Waals surface area contributed by atoms with E-state index in [1.54, 1.807) is 3.58 Å². The maximum absolute atomic E-state index is 3.57. The molecule has 1 rings (SSSR count). The van der Waals surface area contributed by atoms with Crippen molar-refractivity contribution in [2.24, 2.45) is 0 Å². The van der Waals surface area contributed by atoms with Gasteiger partial charge in [-0.05, 0) is 0 Å². The van der Waals surface area contributed by atoms with Crippen LogP contribution in [0.5, 0.6) is 0 Å². The molecule has 0 saturated heterocycles. The Hall–Kier alpha value is 0.499. The molecule has 2 heteroatoms. The molecule has 0 radical (unpaired) electrons. The van der Waals surface area contributed by atoms with Crippen molar-refractivity contribution >= 4 is 37.9 Å². The van der Waals surface area contributed by atoms with Crippen LogP contribution in [-0.4, -0.2) is 18.4 Å². The summed E-state index contributed by atoms with van der Waals surface area (Å²) < 4.78 is 2.84. The van der Waals surface area contributed by atoms with E-state index in [-0.39, 0.29) is 0 Å². The average Bonchev–Trinajstić information content (AvgIpc) is 1.92. The number of rotatable bonds is 1. The Balaban J connectivity index is 3.14. The summed E-state index contributed by atoms with van der Waals surface area (Å²) in [4.78, 5) is 7.31. The average molecular weight is 334 g/mol. The molecule has 0 atom stereocenters. The van der Waals surface area contributed by atoms with Gasteiger partial charge in [0.15, 0.2) is 0 Å². The van der Waals surface area contributed by atoms with Gasteiger partial charge in [0, 0.05) is 0 Å². The summed E-state index contributed by atoms with van der Waals surface area (Å²) in [6, 6.07) is 6.79. The maximum atomic E-state index is 3.57. The van der Waals surface area contributed by atoms with Crippen molar-refractivity contribution in [1.82, 2.24) is 0 Å². The Kier molecular flexibility index (Phi) is 3.27. The molecule has 0 aliphatic heterocycles. The van der Waals surface area contributed by atoms with Crippen molar-refractivity contribution in [3.8, 4) is 0 Å². The molecule has 0 N–H and O–H groups in total. The fourth-order valence-corrected chi connectivity index (χ4v) is 5.35. The van der Waals surface area contributed by atoms with Crippen LogP contribution in [0.25, 0.3) is 0 Å². The molecule has 0 saturated carbocycles. The van der Waals surface area contributed by atoms with Crippen molar-refractivity contribution in [3.63, 3.8) is 0 Å². The zero-order chi connectivity index (χ0) is 9.35. The second-order valence-electron chi connectivity index (χ2n) is 4.21. The molecule has 66 valence electrons. The SMILES string of the molecule is Cc1cc[c]([Sn]([CH3])([CH3])[CH3])cc1Br. The molecule has 0 unspecified atom stereocenters. The van der Waals surface area contributed by atoms with Crippen LogP contribution in [0.4, 0.5) is 0 Å². The Bertz CT molecular complexity index is 286. The Morgan fingerprint density at radius 1 is 1.17 bits per heavy atom. The van der Waals surface area contributed by atoms with Gasteiger partial charge < -0.3 is 0 Å². The Morgan fingerprint density at radius 2 is 1.75 bits per heavy atom. The number of hydrogen-bond acceptors (Lipinski definition) is 0. The molecule has 0 aromatic heterocycles. The van der Waals surface area contributed by atoms with Gasteiger partial charge in [0.25, 0.3) is 0 Å². The number of benzene rings is 1. The van der Waals surface area contributed by atoms with Crippen LogP contribution in [0.15, 0.2) is 22.7 Å². The summed E-state index contributed by atoms with van der Waals surface area (Å²) in [5.74, 6) is 0. The van der Waals surface area contributed by atoms with Crippen LogP contribution < -0.4 is 3.58 Å². The molecule has 0 fully saturated rings. The monoisotopic (exact) mass is 334 g/mol. The van der Waals surface area contributed by atoms with Gasteiger partial charge in [0.05, 0.1) is 0 Å². The van der Waals surface area contributed by atoms with E-state index in [0.717, 1.165) is 0 Å². The minimum atomic E-state index is -1.82. The molecule has 1 aromatic carbocycles. The van der Waals surface area contributed by atoms with Crippen LogP contribution in [0.3, 0.4) is 0 Å². The topological polar surface area (TPSA) is 0 Å². The van der Waals surface area contributed by atoms with E-state index in [2.05, 4.69) is 55.9 Å². The van der Waals surface area contributed by atoms with Gasteiger partial charge in [-0.15, -0.1) is 0 Å². The van der Waals surface area contributed by atoms with E-state index in [1.807, 2.05) is 0 Å². The number of halogens is 1. The molecule has 0 spiro atoms. The predicted molar refractivity (Wildman–Crippen MR) is 61.9 cm³/mol. The summed E-state index contributed by atoms with van der Waals surface area (Å²) in [7, 11) is 0.